The van der Waals surface area contributed by atoms with E-state index in [1.165, 1.54) is 42.5 Å². The second-order valence-corrected chi connectivity index (χ2v) is 5.74. The molecule has 21 heavy (non-hydrogen) atoms. The average Bonchev–Trinajstić information content (AvgIpc) is 2.40. The number of rotatable bonds is 4. The number of alkyl halides is 3. The highest BCUT2D eigenvalue weighted by Gasteiger charge is 2.28. The van der Waals surface area contributed by atoms with Gasteiger partial charge in [-0.25, -0.2) is 4.39 Å². The molecule has 0 saturated heterocycles. The lowest BCUT2D eigenvalue weighted by Gasteiger charge is -2.09. The molecular formula is C14H10ClF4NS. The summed E-state index contributed by atoms with van der Waals surface area (Å²) in [5.41, 5.74) is -3.32. The fourth-order valence-electron chi connectivity index (χ4n) is 1.65. The van der Waals surface area contributed by atoms with Gasteiger partial charge in [0.2, 0.25) is 0 Å². The number of nitrogens with one attached hydrogen (secondary N) is 1. The van der Waals surface area contributed by atoms with Crippen LogP contribution in [-0.4, -0.2) is 5.51 Å². The first-order valence-corrected chi connectivity index (χ1v) is 7.06. The maximum Gasteiger partial charge on any atom is 0.446 e. The van der Waals surface area contributed by atoms with E-state index >= 15 is 0 Å². The van der Waals surface area contributed by atoms with Gasteiger partial charge < -0.3 is 5.32 Å². The SMILES string of the molecule is Fc1ccc(Cl)cc1CNc1ccc(SC(F)(F)F)cc1. The van der Waals surface area contributed by atoms with Crippen LogP contribution in [0.1, 0.15) is 5.56 Å². The van der Waals surface area contributed by atoms with E-state index in [0.717, 1.165) is 0 Å². The molecule has 0 aliphatic heterocycles. The maximum absolute atomic E-state index is 13.5. The van der Waals surface area contributed by atoms with Crippen LogP contribution in [0.25, 0.3) is 0 Å². The van der Waals surface area contributed by atoms with Gasteiger partial charge in [0.05, 0.1) is 0 Å². The van der Waals surface area contributed by atoms with Crippen molar-refractivity contribution in [2.45, 2.75) is 16.9 Å². The second-order valence-electron chi connectivity index (χ2n) is 4.16. The van der Waals surface area contributed by atoms with Gasteiger partial charge in [-0.15, -0.1) is 0 Å². The van der Waals surface area contributed by atoms with Crippen LogP contribution in [0.2, 0.25) is 5.02 Å². The van der Waals surface area contributed by atoms with Crippen LogP contribution < -0.4 is 5.32 Å². The molecule has 112 valence electrons. The minimum Gasteiger partial charge on any atom is -0.381 e. The third-order valence-corrected chi connectivity index (χ3v) is 3.55. The smallest absolute Gasteiger partial charge is 0.381 e. The minimum atomic E-state index is -4.31. The number of hydrogen-bond donors (Lipinski definition) is 1. The minimum absolute atomic E-state index is 0.0991. The Morgan fingerprint density at radius 1 is 1.05 bits per heavy atom. The van der Waals surface area contributed by atoms with E-state index in [0.29, 0.717) is 16.3 Å². The molecule has 0 fully saturated rings. The van der Waals surface area contributed by atoms with Gasteiger partial charge in [0.25, 0.3) is 0 Å². The zero-order chi connectivity index (χ0) is 15.5. The Labute approximate surface area is 128 Å². The third-order valence-electron chi connectivity index (χ3n) is 2.58. The molecule has 7 heteroatoms. The highest BCUT2D eigenvalue weighted by molar-refractivity contribution is 8.00. The average molecular weight is 336 g/mol. The van der Waals surface area contributed by atoms with Crippen molar-refractivity contribution in [2.24, 2.45) is 0 Å². The Balaban J connectivity index is 1.99. The fraction of sp³-hybridized carbons (Fsp3) is 0.143. The summed E-state index contributed by atoms with van der Waals surface area (Å²) in [6.45, 7) is 0.193. The van der Waals surface area contributed by atoms with Gasteiger partial charge in [-0.2, -0.15) is 13.2 Å². The third kappa shape index (κ3) is 5.13. The highest BCUT2D eigenvalue weighted by atomic mass is 35.5. The van der Waals surface area contributed by atoms with E-state index in [-0.39, 0.29) is 23.2 Å². The second kappa shape index (κ2) is 6.58. The summed E-state index contributed by atoms with van der Waals surface area (Å²) in [5, 5.41) is 3.35. The number of halogens is 5. The topological polar surface area (TPSA) is 12.0 Å². The van der Waals surface area contributed by atoms with Crippen molar-refractivity contribution >= 4 is 29.1 Å². The van der Waals surface area contributed by atoms with Crippen molar-refractivity contribution < 1.29 is 17.6 Å². The fourth-order valence-corrected chi connectivity index (χ4v) is 2.38. The molecule has 0 spiro atoms. The molecule has 0 heterocycles. The summed E-state index contributed by atoms with van der Waals surface area (Å²) in [5.74, 6) is -0.392. The summed E-state index contributed by atoms with van der Waals surface area (Å²) >= 11 is 5.60. The van der Waals surface area contributed by atoms with Gasteiger partial charge in [0, 0.05) is 27.7 Å². The normalized spacial score (nSPS) is 11.5. The van der Waals surface area contributed by atoms with E-state index < -0.39 is 11.3 Å². The molecule has 0 radical (unpaired) electrons. The van der Waals surface area contributed by atoms with Crippen LogP contribution in [0.3, 0.4) is 0 Å². The predicted octanol–water partition coefficient (Wildman–Crippen LogP) is 5.70. The number of hydrogen-bond acceptors (Lipinski definition) is 2. The molecule has 2 aromatic rings. The Bertz CT molecular complexity index is 613. The Morgan fingerprint density at radius 2 is 1.71 bits per heavy atom. The van der Waals surface area contributed by atoms with Crippen molar-refractivity contribution in [3.8, 4) is 0 Å². The van der Waals surface area contributed by atoms with Gasteiger partial charge >= 0.3 is 5.51 Å². The van der Waals surface area contributed by atoms with Crippen LogP contribution in [0, 0.1) is 5.82 Å². The van der Waals surface area contributed by atoms with Gasteiger partial charge in [0.15, 0.2) is 0 Å². The van der Waals surface area contributed by atoms with Crippen LogP contribution >= 0.6 is 23.4 Å². The van der Waals surface area contributed by atoms with E-state index in [2.05, 4.69) is 5.32 Å². The molecule has 0 aliphatic carbocycles. The molecule has 0 bridgehead atoms. The quantitative estimate of drug-likeness (QED) is 0.568. The largest absolute Gasteiger partial charge is 0.446 e. The van der Waals surface area contributed by atoms with E-state index in [4.69, 9.17) is 11.6 Å². The first kappa shape index (κ1) is 16.0. The summed E-state index contributed by atoms with van der Waals surface area (Å²) in [6.07, 6.45) is 0. The van der Waals surface area contributed by atoms with E-state index in [1.807, 2.05) is 0 Å². The molecule has 0 aromatic heterocycles. The van der Waals surface area contributed by atoms with E-state index in [9.17, 15) is 17.6 Å². The molecule has 0 unspecified atom stereocenters. The summed E-state index contributed by atoms with van der Waals surface area (Å²) in [6, 6.07) is 9.94. The number of thioether (sulfide) groups is 1. The van der Waals surface area contributed by atoms with Gasteiger partial charge in [-0.3, -0.25) is 0 Å². The molecule has 0 atom stereocenters. The van der Waals surface area contributed by atoms with Crippen LogP contribution in [-0.2, 0) is 6.54 Å². The van der Waals surface area contributed by atoms with Crippen LogP contribution in [0.15, 0.2) is 47.4 Å². The first-order valence-electron chi connectivity index (χ1n) is 5.87. The van der Waals surface area contributed by atoms with Gasteiger partial charge in [0.1, 0.15) is 5.82 Å². The van der Waals surface area contributed by atoms with Crippen molar-refractivity contribution in [1.29, 1.82) is 0 Å². The maximum atomic E-state index is 13.5. The number of benzene rings is 2. The predicted molar refractivity (Wildman–Crippen MR) is 77.1 cm³/mol. The van der Waals surface area contributed by atoms with Gasteiger partial charge in [-0.1, -0.05) is 11.6 Å². The zero-order valence-electron chi connectivity index (χ0n) is 10.5. The van der Waals surface area contributed by atoms with Crippen molar-refractivity contribution in [3.05, 3.63) is 58.9 Å². The molecule has 2 rings (SSSR count). The lowest BCUT2D eigenvalue weighted by molar-refractivity contribution is -0.0328. The Kier molecular flexibility index (Phi) is 5.00. The highest BCUT2D eigenvalue weighted by Crippen LogP contribution is 2.37. The molecule has 0 amide bonds. The first-order chi connectivity index (χ1) is 9.83. The van der Waals surface area contributed by atoms with Crippen LogP contribution in [0.5, 0.6) is 0 Å². The Hall–Kier alpha value is -1.40. The summed E-state index contributed by atoms with van der Waals surface area (Å²) < 4.78 is 50.1. The van der Waals surface area contributed by atoms with Crippen molar-refractivity contribution in [3.63, 3.8) is 0 Å². The van der Waals surface area contributed by atoms with E-state index in [1.54, 1.807) is 0 Å². The molecule has 0 aliphatic rings. The lowest BCUT2D eigenvalue weighted by Crippen LogP contribution is -2.02. The summed E-state index contributed by atoms with van der Waals surface area (Å²) in [7, 11) is 0. The van der Waals surface area contributed by atoms with Gasteiger partial charge in [-0.05, 0) is 54.2 Å². The summed E-state index contributed by atoms with van der Waals surface area (Å²) in [4.78, 5) is 0.0991. The molecule has 1 nitrogen and oxygen atoms in total. The van der Waals surface area contributed by atoms with Crippen molar-refractivity contribution in [2.75, 3.05) is 5.32 Å². The molecular weight excluding hydrogens is 326 g/mol. The number of anilines is 1. The Morgan fingerprint density at radius 3 is 2.33 bits per heavy atom. The molecule has 2 aromatic carbocycles. The molecule has 0 saturated carbocycles. The zero-order valence-corrected chi connectivity index (χ0v) is 12.1. The monoisotopic (exact) mass is 335 g/mol. The standard InChI is InChI=1S/C14H10ClF4NS/c15-10-1-6-13(16)9(7-10)8-20-11-2-4-12(5-3-11)21-14(17,18)19/h1-7,20H,8H2. The van der Waals surface area contributed by atoms with Crippen molar-refractivity contribution in [1.82, 2.24) is 0 Å². The molecule has 1 N–H and O–H groups in total. The lowest BCUT2D eigenvalue weighted by atomic mass is 10.2. The van der Waals surface area contributed by atoms with Crippen LogP contribution in [0.4, 0.5) is 23.2 Å².